The van der Waals surface area contributed by atoms with Crippen molar-refractivity contribution in [3.8, 4) is 0 Å². The minimum absolute atomic E-state index is 0.0555. The predicted octanol–water partition coefficient (Wildman–Crippen LogP) is 2.11. The zero-order valence-electron chi connectivity index (χ0n) is 12.3. The van der Waals surface area contributed by atoms with Gasteiger partial charge >= 0.3 is 0 Å². The highest BCUT2D eigenvalue weighted by atomic mass is 19.1. The molecular weight excluding hydrogens is 281 g/mol. The molecule has 0 unspecified atom stereocenters. The third kappa shape index (κ3) is 3.42. The van der Waals surface area contributed by atoms with Crippen molar-refractivity contribution in [2.75, 3.05) is 31.1 Å². The fourth-order valence-electron chi connectivity index (χ4n) is 2.70. The second-order valence-electron chi connectivity index (χ2n) is 5.38. The number of hydrogen-bond donors (Lipinski definition) is 0. The van der Waals surface area contributed by atoms with E-state index in [0.717, 1.165) is 24.3 Å². The molecule has 2 heterocycles. The van der Waals surface area contributed by atoms with Gasteiger partial charge in [0.15, 0.2) is 0 Å². The molecule has 1 aliphatic rings. The minimum Gasteiger partial charge on any atom is -0.368 e. The lowest BCUT2D eigenvalue weighted by atomic mass is 10.1. The lowest BCUT2D eigenvalue weighted by Crippen LogP contribution is -2.49. The number of carbonyl (C=O) groups excluding carboxylic acids is 1. The van der Waals surface area contributed by atoms with E-state index in [4.69, 9.17) is 0 Å². The van der Waals surface area contributed by atoms with Gasteiger partial charge in [-0.05, 0) is 29.8 Å². The zero-order valence-corrected chi connectivity index (χ0v) is 12.3. The third-order valence-electron chi connectivity index (χ3n) is 3.90. The second-order valence-corrected chi connectivity index (χ2v) is 5.38. The molecule has 1 aromatic carbocycles. The van der Waals surface area contributed by atoms with Crippen molar-refractivity contribution in [2.24, 2.45) is 0 Å². The van der Waals surface area contributed by atoms with Crippen LogP contribution in [0, 0.1) is 5.82 Å². The number of aromatic nitrogens is 1. The number of benzene rings is 1. The molecule has 1 fully saturated rings. The molecule has 22 heavy (non-hydrogen) atoms. The van der Waals surface area contributed by atoms with Crippen LogP contribution in [0.5, 0.6) is 0 Å². The first-order valence-electron chi connectivity index (χ1n) is 7.39. The summed E-state index contributed by atoms with van der Waals surface area (Å²) in [6.07, 6.45) is 3.81. The summed E-state index contributed by atoms with van der Waals surface area (Å²) < 4.78 is 13.2. The van der Waals surface area contributed by atoms with E-state index >= 15 is 0 Å². The van der Waals surface area contributed by atoms with Crippen LogP contribution in [0.1, 0.15) is 5.56 Å². The van der Waals surface area contributed by atoms with E-state index in [0.29, 0.717) is 13.1 Å². The van der Waals surface area contributed by atoms with Gasteiger partial charge in [-0.3, -0.25) is 9.78 Å². The number of halogens is 1. The number of anilines is 1. The number of piperazine rings is 1. The Labute approximate surface area is 129 Å². The summed E-state index contributed by atoms with van der Waals surface area (Å²) in [7, 11) is 0. The summed E-state index contributed by atoms with van der Waals surface area (Å²) in [5.74, 6) is -0.243. The first-order chi connectivity index (χ1) is 10.7. The Bertz CT molecular complexity index is 639. The van der Waals surface area contributed by atoms with Crippen molar-refractivity contribution in [3.63, 3.8) is 0 Å². The van der Waals surface area contributed by atoms with Crippen molar-refractivity contribution in [1.82, 2.24) is 9.88 Å². The number of amides is 1. The van der Waals surface area contributed by atoms with Crippen LogP contribution in [0.25, 0.3) is 0 Å². The van der Waals surface area contributed by atoms with Crippen LogP contribution >= 0.6 is 0 Å². The maximum atomic E-state index is 13.2. The molecule has 0 radical (unpaired) electrons. The molecule has 1 aliphatic heterocycles. The highest BCUT2D eigenvalue weighted by Crippen LogP contribution is 2.15. The molecule has 0 aliphatic carbocycles. The van der Waals surface area contributed by atoms with Crippen molar-refractivity contribution in [2.45, 2.75) is 6.42 Å². The Hall–Kier alpha value is -2.43. The Morgan fingerprint density at radius 1 is 1.09 bits per heavy atom. The minimum atomic E-state index is -0.298. The molecule has 0 N–H and O–H groups in total. The van der Waals surface area contributed by atoms with E-state index in [1.54, 1.807) is 24.5 Å². The fraction of sp³-hybridized carbons (Fsp3) is 0.294. The van der Waals surface area contributed by atoms with E-state index in [2.05, 4.69) is 9.88 Å². The Balaban J connectivity index is 1.56. The van der Waals surface area contributed by atoms with Crippen molar-refractivity contribution < 1.29 is 9.18 Å². The van der Waals surface area contributed by atoms with Crippen LogP contribution in [-0.4, -0.2) is 42.0 Å². The first kappa shape index (κ1) is 14.5. The summed E-state index contributed by atoms with van der Waals surface area (Å²) in [4.78, 5) is 20.4. The molecular formula is C17H18FN3O. The second kappa shape index (κ2) is 6.56. The van der Waals surface area contributed by atoms with E-state index in [9.17, 15) is 9.18 Å². The number of nitrogens with zero attached hydrogens (tertiary/aromatic N) is 3. The average Bonchev–Trinajstić information content (AvgIpc) is 2.56. The number of rotatable bonds is 3. The van der Waals surface area contributed by atoms with Crippen molar-refractivity contribution in [3.05, 3.63) is 60.2 Å². The monoisotopic (exact) mass is 299 g/mol. The molecule has 0 bridgehead atoms. The number of hydrogen-bond acceptors (Lipinski definition) is 3. The van der Waals surface area contributed by atoms with E-state index in [1.807, 2.05) is 17.0 Å². The maximum Gasteiger partial charge on any atom is 0.227 e. The van der Waals surface area contributed by atoms with Crippen LogP contribution in [-0.2, 0) is 11.2 Å². The lowest BCUT2D eigenvalue weighted by molar-refractivity contribution is -0.130. The summed E-state index contributed by atoms with van der Waals surface area (Å²) in [5, 5.41) is 0. The Morgan fingerprint density at radius 2 is 1.82 bits per heavy atom. The molecule has 1 amide bonds. The average molecular weight is 299 g/mol. The zero-order chi connectivity index (χ0) is 15.4. The van der Waals surface area contributed by atoms with Gasteiger partial charge in [-0.2, -0.15) is 0 Å². The molecule has 0 saturated carbocycles. The van der Waals surface area contributed by atoms with Gasteiger partial charge in [0.25, 0.3) is 0 Å². The summed E-state index contributed by atoms with van der Waals surface area (Å²) in [6, 6.07) is 10.2. The number of carbonyl (C=O) groups is 1. The number of pyridine rings is 1. The molecule has 0 spiro atoms. The van der Waals surface area contributed by atoms with Gasteiger partial charge < -0.3 is 9.80 Å². The summed E-state index contributed by atoms with van der Waals surface area (Å²) >= 11 is 0. The fourth-order valence-corrected chi connectivity index (χ4v) is 2.70. The van der Waals surface area contributed by atoms with Gasteiger partial charge in [-0.25, -0.2) is 4.39 Å². The van der Waals surface area contributed by atoms with Gasteiger partial charge in [0, 0.05) is 44.3 Å². The Morgan fingerprint density at radius 3 is 2.50 bits per heavy atom. The molecule has 1 aromatic heterocycles. The SMILES string of the molecule is O=C(Cc1cccc(F)c1)N1CCN(c2ccncc2)CC1. The molecule has 3 rings (SSSR count). The topological polar surface area (TPSA) is 36.4 Å². The van der Waals surface area contributed by atoms with Gasteiger partial charge in [0.05, 0.1) is 6.42 Å². The van der Waals surface area contributed by atoms with E-state index < -0.39 is 0 Å². The largest absolute Gasteiger partial charge is 0.368 e. The lowest BCUT2D eigenvalue weighted by Gasteiger charge is -2.36. The van der Waals surface area contributed by atoms with Crippen LogP contribution in [0.3, 0.4) is 0 Å². The van der Waals surface area contributed by atoms with Gasteiger partial charge in [-0.1, -0.05) is 12.1 Å². The smallest absolute Gasteiger partial charge is 0.227 e. The molecule has 0 atom stereocenters. The highest BCUT2D eigenvalue weighted by molar-refractivity contribution is 5.79. The van der Waals surface area contributed by atoms with E-state index in [-0.39, 0.29) is 18.1 Å². The summed E-state index contributed by atoms with van der Waals surface area (Å²) in [6.45, 7) is 2.99. The predicted molar refractivity (Wildman–Crippen MR) is 83.1 cm³/mol. The third-order valence-corrected chi connectivity index (χ3v) is 3.90. The standard InChI is InChI=1S/C17H18FN3O/c18-15-3-1-2-14(12-15)13-17(22)21-10-8-20(9-11-21)16-4-6-19-7-5-16/h1-7,12H,8-11,13H2. The van der Waals surface area contributed by atoms with Gasteiger partial charge in [0.1, 0.15) is 5.82 Å². The first-order valence-corrected chi connectivity index (χ1v) is 7.39. The van der Waals surface area contributed by atoms with Crippen LogP contribution in [0.4, 0.5) is 10.1 Å². The molecule has 2 aromatic rings. The van der Waals surface area contributed by atoms with Crippen molar-refractivity contribution in [1.29, 1.82) is 0 Å². The van der Waals surface area contributed by atoms with Crippen LogP contribution in [0.2, 0.25) is 0 Å². The molecule has 114 valence electrons. The quantitative estimate of drug-likeness (QED) is 0.871. The summed E-state index contributed by atoms with van der Waals surface area (Å²) in [5.41, 5.74) is 1.86. The van der Waals surface area contributed by atoms with Gasteiger partial charge in [-0.15, -0.1) is 0 Å². The normalized spacial score (nSPS) is 15.0. The maximum absolute atomic E-state index is 13.2. The highest BCUT2D eigenvalue weighted by Gasteiger charge is 2.21. The molecule has 1 saturated heterocycles. The van der Waals surface area contributed by atoms with Crippen LogP contribution in [0.15, 0.2) is 48.8 Å². The van der Waals surface area contributed by atoms with Gasteiger partial charge in [0.2, 0.25) is 5.91 Å². The molecule has 5 heteroatoms. The van der Waals surface area contributed by atoms with Crippen molar-refractivity contribution >= 4 is 11.6 Å². The Kier molecular flexibility index (Phi) is 4.32. The molecule has 4 nitrogen and oxygen atoms in total. The van der Waals surface area contributed by atoms with E-state index in [1.165, 1.54) is 12.1 Å². The van der Waals surface area contributed by atoms with Crippen LogP contribution < -0.4 is 4.90 Å².